The van der Waals surface area contributed by atoms with Gasteiger partial charge in [0.15, 0.2) is 4.77 Å². The standard InChI is InChI=1S/C7H6N2S.C6H7NO2S/c10-7-8-5-3-1-2-4-6(5)9-7;7-10(8,9)6-4-2-1-3-5-6/h1-4H,(H2,8,9,10);1-5H,(H2,7,8,9). The number of para-hydroxylation sites is 2. The number of rotatable bonds is 1. The lowest BCUT2D eigenvalue weighted by Gasteiger charge is -1.93. The Morgan fingerprint density at radius 3 is 1.70 bits per heavy atom. The van der Waals surface area contributed by atoms with Gasteiger partial charge in [-0.3, -0.25) is 0 Å². The maximum Gasteiger partial charge on any atom is 0.238 e. The van der Waals surface area contributed by atoms with E-state index >= 15 is 0 Å². The van der Waals surface area contributed by atoms with Crippen LogP contribution in [0.1, 0.15) is 0 Å². The Morgan fingerprint density at radius 1 is 0.850 bits per heavy atom. The van der Waals surface area contributed by atoms with E-state index in [0.29, 0.717) is 4.77 Å². The van der Waals surface area contributed by atoms with Gasteiger partial charge < -0.3 is 9.97 Å². The topological polar surface area (TPSA) is 91.7 Å². The van der Waals surface area contributed by atoms with Gasteiger partial charge in [0.1, 0.15) is 0 Å². The van der Waals surface area contributed by atoms with Crippen molar-refractivity contribution >= 4 is 33.3 Å². The first-order chi connectivity index (χ1) is 9.47. The van der Waals surface area contributed by atoms with Crippen molar-refractivity contribution in [1.29, 1.82) is 0 Å². The Kier molecular flexibility index (Phi) is 4.33. The number of hydrogen-bond donors (Lipinski definition) is 3. The van der Waals surface area contributed by atoms with Crippen LogP contribution in [-0.4, -0.2) is 18.4 Å². The van der Waals surface area contributed by atoms with Gasteiger partial charge in [-0.2, -0.15) is 0 Å². The molecule has 0 radical (unpaired) electrons. The van der Waals surface area contributed by atoms with E-state index in [-0.39, 0.29) is 4.90 Å². The molecular weight excluding hydrogens is 294 g/mol. The second-order valence-electron chi connectivity index (χ2n) is 3.98. The Bertz CT molecular complexity index is 816. The quantitative estimate of drug-likeness (QED) is 0.603. The molecule has 1 aromatic heterocycles. The molecule has 1 heterocycles. The van der Waals surface area contributed by atoms with Crippen LogP contribution in [0.5, 0.6) is 0 Å². The molecule has 0 bridgehead atoms. The van der Waals surface area contributed by atoms with Crippen molar-refractivity contribution in [3.8, 4) is 0 Å². The molecule has 0 amide bonds. The molecular formula is C13H13N3O2S2. The van der Waals surface area contributed by atoms with E-state index in [9.17, 15) is 8.42 Å². The van der Waals surface area contributed by atoms with Crippen LogP contribution in [0.2, 0.25) is 0 Å². The number of nitrogens with two attached hydrogens (primary N) is 1. The molecule has 3 rings (SSSR count). The largest absolute Gasteiger partial charge is 0.331 e. The molecule has 0 aliphatic carbocycles. The van der Waals surface area contributed by atoms with Gasteiger partial charge in [0, 0.05) is 0 Å². The molecule has 0 fully saturated rings. The van der Waals surface area contributed by atoms with Gasteiger partial charge in [-0.1, -0.05) is 30.3 Å². The zero-order chi connectivity index (χ0) is 14.6. The highest BCUT2D eigenvalue weighted by Gasteiger charge is 2.03. The van der Waals surface area contributed by atoms with E-state index in [2.05, 4.69) is 9.97 Å². The second kappa shape index (κ2) is 6.00. The lowest BCUT2D eigenvalue weighted by molar-refractivity contribution is 0.598. The summed E-state index contributed by atoms with van der Waals surface area (Å²) in [5.41, 5.74) is 2.13. The zero-order valence-electron chi connectivity index (χ0n) is 10.4. The van der Waals surface area contributed by atoms with Gasteiger partial charge in [-0.25, -0.2) is 13.6 Å². The van der Waals surface area contributed by atoms with Crippen molar-refractivity contribution in [2.24, 2.45) is 5.14 Å². The van der Waals surface area contributed by atoms with Crippen LogP contribution >= 0.6 is 12.2 Å². The molecule has 0 spiro atoms. The lowest BCUT2D eigenvalue weighted by atomic mass is 10.3. The monoisotopic (exact) mass is 307 g/mol. The highest BCUT2D eigenvalue weighted by Crippen LogP contribution is 2.07. The van der Waals surface area contributed by atoms with E-state index < -0.39 is 10.0 Å². The van der Waals surface area contributed by atoms with Crippen LogP contribution in [0.4, 0.5) is 0 Å². The third-order valence-corrected chi connectivity index (χ3v) is 3.63. The molecule has 0 unspecified atom stereocenters. The summed E-state index contributed by atoms with van der Waals surface area (Å²) in [5.74, 6) is 0. The summed E-state index contributed by atoms with van der Waals surface area (Å²) in [6.45, 7) is 0. The van der Waals surface area contributed by atoms with E-state index in [4.69, 9.17) is 17.4 Å². The van der Waals surface area contributed by atoms with Gasteiger partial charge >= 0.3 is 0 Å². The Morgan fingerprint density at radius 2 is 1.30 bits per heavy atom. The second-order valence-corrected chi connectivity index (χ2v) is 5.95. The fraction of sp³-hybridized carbons (Fsp3) is 0. The predicted molar refractivity (Wildman–Crippen MR) is 81.3 cm³/mol. The summed E-state index contributed by atoms with van der Waals surface area (Å²) in [4.78, 5) is 6.18. The molecule has 0 aliphatic heterocycles. The maximum absolute atomic E-state index is 10.6. The first-order valence-corrected chi connectivity index (χ1v) is 7.67. The number of sulfonamides is 1. The van der Waals surface area contributed by atoms with Crippen molar-refractivity contribution in [3.05, 3.63) is 59.4 Å². The number of H-pyrrole nitrogens is 2. The van der Waals surface area contributed by atoms with Gasteiger partial charge in [-0.05, 0) is 36.5 Å². The van der Waals surface area contributed by atoms with Crippen molar-refractivity contribution in [1.82, 2.24) is 9.97 Å². The zero-order valence-corrected chi connectivity index (χ0v) is 12.0. The third kappa shape index (κ3) is 3.77. The van der Waals surface area contributed by atoms with E-state index in [1.807, 2.05) is 24.3 Å². The first kappa shape index (κ1) is 14.4. The number of benzene rings is 2. The summed E-state index contributed by atoms with van der Waals surface area (Å²) in [7, 11) is -3.50. The highest BCUT2D eigenvalue weighted by atomic mass is 32.2. The number of aromatic nitrogens is 2. The molecule has 2 aromatic carbocycles. The average Bonchev–Trinajstić information content (AvgIpc) is 2.79. The minimum absolute atomic E-state index is 0.148. The molecule has 0 saturated heterocycles. The first-order valence-electron chi connectivity index (χ1n) is 5.72. The summed E-state index contributed by atoms with van der Waals surface area (Å²) in [6.07, 6.45) is 0. The summed E-state index contributed by atoms with van der Waals surface area (Å²) in [6, 6.07) is 15.8. The van der Waals surface area contributed by atoms with Crippen LogP contribution in [-0.2, 0) is 10.0 Å². The van der Waals surface area contributed by atoms with Gasteiger partial charge in [0.2, 0.25) is 10.0 Å². The number of primary sulfonamides is 1. The van der Waals surface area contributed by atoms with Crippen molar-refractivity contribution in [2.45, 2.75) is 4.90 Å². The smallest absolute Gasteiger partial charge is 0.238 e. The summed E-state index contributed by atoms with van der Waals surface area (Å²) in [5, 5.41) is 4.83. The minimum atomic E-state index is -3.50. The SMILES string of the molecule is NS(=O)(=O)c1ccccc1.S=c1[nH]c2ccccc2[nH]1. The number of imidazole rings is 1. The van der Waals surface area contributed by atoms with E-state index in [0.717, 1.165) is 11.0 Å². The Balaban J connectivity index is 0.000000147. The van der Waals surface area contributed by atoms with E-state index in [1.54, 1.807) is 18.2 Å². The van der Waals surface area contributed by atoms with Crippen LogP contribution in [0.25, 0.3) is 11.0 Å². The minimum Gasteiger partial charge on any atom is -0.331 e. The van der Waals surface area contributed by atoms with Crippen LogP contribution in [0, 0.1) is 4.77 Å². The molecule has 0 atom stereocenters. The number of hydrogen-bond acceptors (Lipinski definition) is 3. The van der Waals surface area contributed by atoms with Gasteiger partial charge in [0.05, 0.1) is 15.9 Å². The van der Waals surface area contributed by atoms with Gasteiger partial charge in [-0.15, -0.1) is 0 Å². The van der Waals surface area contributed by atoms with Gasteiger partial charge in [0.25, 0.3) is 0 Å². The summed E-state index contributed by atoms with van der Waals surface area (Å²) < 4.78 is 21.9. The fourth-order valence-corrected chi connectivity index (χ4v) is 2.34. The summed E-state index contributed by atoms with van der Waals surface area (Å²) >= 11 is 4.90. The fourth-order valence-electron chi connectivity index (χ4n) is 1.59. The molecule has 0 aliphatic rings. The molecule has 5 nitrogen and oxygen atoms in total. The lowest BCUT2D eigenvalue weighted by Crippen LogP contribution is -2.11. The van der Waals surface area contributed by atoms with Crippen LogP contribution < -0.4 is 5.14 Å². The predicted octanol–water partition coefficient (Wildman–Crippen LogP) is 2.56. The Labute approximate surface area is 121 Å². The van der Waals surface area contributed by atoms with Crippen molar-refractivity contribution in [2.75, 3.05) is 0 Å². The molecule has 7 heteroatoms. The normalized spacial score (nSPS) is 10.8. The number of nitrogens with one attached hydrogen (secondary N) is 2. The Hall–Kier alpha value is -1.96. The molecule has 4 N–H and O–H groups in total. The highest BCUT2D eigenvalue weighted by molar-refractivity contribution is 7.89. The van der Waals surface area contributed by atoms with Crippen molar-refractivity contribution in [3.63, 3.8) is 0 Å². The molecule has 104 valence electrons. The molecule has 0 saturated carbocycles. The molecule has 3 aromatic rings. The van der Waals surface area contributed by atoms with Crippen LogP contribution in [0.15, 0.2) is 59.5 Å². The average molecular weight is 307 g/mol. The third-order valence-electron chi connectivity index (χ3n) is 2.50. The van der Waals surface area contributed by atoms with E-state index in [1.165, 1.54) is 12.1 Å². The maximum atomic E-state index is 10.6. The molecule has 20 heavy (non-hydrogen) atoms. The van der Waals surface area contributed by atoms with Crippen LogP contribution in [0.3, 0.4) is 0 Å². The van der Waals surface area contributed by atoms with Crippen molar-refractivity contribution < 1.29 is 8.42 Å². The number of fused-ring (bicyclic) bond motifs is 1. The number of aromatic amines is 2.